The average Bonchev–Trinajstić information content (AvgIpc) is 3.04. The number of carbonyl (C=O) groups is 2. The van der Waals surface area contributed by atoms with Crippen LogP contribution in [0, 0.1) is 6.92 Å². The third kappa shape index (κ3) is 4.84. The number of halogens is 3. The number of hydrogen-bond donors (Lipinski definition) is 1. The second-order valence-electron chi connectivity index (χ2n) is 5.28. The lowest BCUT2D eigenvalue weighted by Crippen LogP contribution is -2.22. The molecule has 0 saturated carbocycles. The molecule has 1 N–H and O–H groups in total. The standard InChI is InChI=1S/C16H16F3N5O4/c1-4-28-15(26)22-8-21-13-10(14(25)27-3)7-24(23-13)11-6-20-12(5-9(11)2)16(17,18)19/h5-8H,4H2,1-3H3,(H,21,22,23,26). The quantitative estimate of drug-likeness (QED) is 0.471. The Kier molecular flexibility index (Phi) is 6.33. The number of alkyl halides is 3. The molecule has 0 atom stereocenters. The zero-order valence-corrected chi connectivity index (χ0v) is 15.1. The molecular weight excluding hydrogens is 383 g/mol. The molecule has 2 heterocycles. The average molecular weight is 399 g/mol. The fraction of sp³-hybridized carbons (Fsp3) is 0.312. The number of aliphatic imine (C=N–C) groups is 1. The van der Waals surface area contributed by atoms with Gasteiger partial charge >= 0.3 is 18.2 Å². The number of aromatic nitrogens is 3. The summed E-state index contributed by atoms with van der Waals surface area (Å²) in [6.45, 7) is 3.22. The van der Waals surface area contributed by atoms with Crippen molar-refractivity contribution in [2.45, 2.75) is 20.0 Å². The van der Waals surface area contributed by atoms with E-state index in [1.165, 1.54) is 13.1 Å². The molecule has 2 aromatic rings. The van der Waals surface area contributed by atoms with E-state index in [2.05, 4.69) is 29.9 Å². The number of nitrogens with zero attached hydrogens (tertiary/aromatic N) is 4. The number of amides is 1. The number of carbonyl (C=O) groups excluding carboxylic acids is 2. The number of rotatable bonds is 5. The Morgan fingerprint density at radius 2 is 2.11 bits per heavy atom. The molecule has 12 heteroatoms. The first-order valence-corrected chi connectivity index (χ1v) is 7.85. The highest BCUT2D eigenvalue weighted by Crippen LogP contribution is 2.29. The minimum absolute atomic E-state index is 0.0660. The molecule has 0 radical (unpaired) electrons. The van der Waals surface area contributed by atoms with E-state index in [1.54, 1.807) is 6.92 Å². The molecule has 150 valence electrons. The highest BCUT2D eigenvalue weighted by Gasteiger charge is 2.33. The Hall–Kier alpha value is -3.44. The number of alkyl carbamates (subject to hydrolysis) is 1. The van der Waals surface area contributed by atoms with Crippen LogP contribution in [0.5, 0.6) is 0 Å². The van der Waals surface area contributed by atoms with Crippen molar-refractivity contribution >= 4 is 24.2 Å². The molecule has 9 nitrogen and oxygen atoms in total. The van der Waals surface area contributed by atoms with Gasteiger partial charge in [0.25, 0.3) is 0 Å². The van der Waals surface area contributed by atoms with Crippen molar-refractivity contribution in [1.82, 2.24) is 20.1 Å². The van der Waals surface area contributed by atoms with Crippen molar-refractivity contribution < 1.29 is 32.2 Å². The molecule has 1 amide bonds. The van der Waals surface area contributed by atoms with Gasteiger partial charge in [-0.25, -0.2) is 24.2 Å². The molecule has 0 aromatic carbocycles. The largest absolute Gasteiger partial charge is 0.465 e. The smallest absolute Gasteiger partial charge is 0.433 e. The first kappa shape index (κ1) is 20.9. The van der Waals surface area contributed by atoms with E-state index in [1.807, 2.05) is 0 Å². The molecule has 0 aliphatic rings. The van der Waals surface area contributed by atoms with Gasteiger partial charge in [0.05, 0.1) is 31.9 Å². The number of aryl methyl sites for hydroxylation is 1. The molecule has 0 saturated heterocycles. The van der Waals surface area contributed by atoms with Gasteiger partial charge in [0.1, 0.15) is 11.3 Å². The lowest BCUT2D eigenvalue weighted by atomic mass is 10.2. The molecular formula is C16H16F3N5O4. The fourth-order valence-electron chi connectivity index (χ4n) is 2.10. The first-order chi connectivity index (χ1) is 13.2. The van der Waals surface area contributed by atoms with Gasteiger partial charge in [0, 0.05) is 6.20 Å². The first-order valence-electron chi connectivity index (χ1n) is 7.85. The van der Waals surface area contributed by atoms with E-state index in [9.17, 15) is 22.8 Å². The van der Waals surface area contributed by atoms with Gasteiger partial charge in [-0.2, -0.15) is 13.2 Å². The lowest BCUT2D eigenvalue weighted by Gasteiger charge is -2.09. The molecule has 0 aliphatic carbocycles. The highest BCUT2D eigenvalue weighted by atomic mass is 19.4. The third-order valence-corrected chi connectivity index (χ3v) is 3.37. The van der Waals surface area contributed by atoms with Gasteiger partial charge < -0.3 is 9.47 Å². The zero-order valence-electron chi connectivity index (χ0n) is 15.1. The second kappa shape index (κ2) is 8.50. The summed E-state index contributed by atoms with van der Waals surface area (Å²) in [7, 11) is 1.15. The van der Waals surface area contributed by atoms with Gasteiger partial charge in [-0.05, 0) is 25.5 Å². The molecule has 0 unspecified atom stereocenters. The van der Waals surface area contributed by atoms with E-state index in [-0.39, 0.29) is 29.2 Å². The number of hydrogen-bond acceptors (Lipinski definition) is 7. The second-order valence-corrected chi connectivity index (χ2v) is 5.28. The number of ether oxygens (including phenoxy) is 2. The Morgan fingerprint density at radius 3 is 2.68 bits per heavy atom. The molecule has 0 bridgehead atoms. The minimum atomic E-state index is -4.58. The summed E-state index contributed by atoms with van der Waals surface area (Å²) in [5.41, 5.74) is -0.686. The summed E-state index contributed by atoms with van der Waals surface area (Å²) in [4.78, 5) is 30.4. The molecule has 0 aliphatic heterocycles. The van der Waals surface area contributed by atoms with Crippen molar-refractivity contribution in [2.75, 3.05) is 13.7 Å². The minimum Gasteiger partial charge on any atom is -0.465 e. The Labute approximate surface area is 157 Å². The number of methoxy groups -OCH3 is 1. The van der Waals surface area contributed by atoms with Crippen molar-refractivity contribution in [3.05, 3.63) is 35.3 Å². The van der Waals surface area contributed by atoms with Crippen molar-refractivity contribution in [3.8, 4) is 5.69 Å². The van der Waals surface area contributed by atoms with E-state index in [0.717, 1.165) is 30.4 Å². The van der Waals surface area contributed by atoms with Crippen LogP contribution in [0.15, 0.2) is 23.5 Å². The summed E-state index contributed by atoms with van der Waals surface area (Å²) in [5.74, 6) is -0.894. The van der Waals surface area contributed by atoms with Gasteiger partial charge in [-0.1, -0.05) is 0 Å². The van der Waals surface area contributed by atoms with Crippen LogP contribution in [0.2, 0.25) is 0 Å². The van der Waals surface area contributed by atoms with Crippen LogP contribution in [0.25, 0.3) is 5.69 Å². The van der Waals surface area contributed by atoms with Crippen LogP contribution in [0.1, 0.15) is 28.5 Å². The normalized spacial score (nSPS) is 11.5. The fourth-order valence-corrected chi connectivity index (χ4v) is 2.10. The molecule has 28 heavy (non-hydrogen) atoms. The van der Waals surface area contributed by atoms with Gasteiger partial charge in [0.2, 0.25) is 0 Å². The summed E-state index contributed by atoms with van der Waals surface area (Å²) in [6, 6.07) is 0.861. The molecule has 0 spiro atoms. The number of nitrogens with one attached hydrogen (secondary N) is 1. The van der Waals surface area contributed by atoms with E-state index in [4.69, 9.17) is 0 Å². The van der Waals surface area contributed by atoms with Crippen molar-refractivity contribution in [1.29, 1.82) is 0 Å². The summed E-state index contributed by atoms with van der Waals surface area (Å²) >= 11 is 0. The maximum absolute atomic E-state index is 12.8. The van der Waals surface area contributed by atoms with E-state index < -0.39 is 23.9 Å². The Balaban J connectivity index is 2.39. The maximum atomic E-state index is 12.8. The van der Waals surface area contributed by atoms with Crippen LogP contribution in [0.4, 0.5) is 23.8 Å². The lowest BCUT2D eigenvalue weighted by molar-refractivity contribution is -0.141. The molecule has 2 aromatic heterocycles. The van der Waals surface area contributed by atoms with Crippen molar-refractivity contribution in [3.63, 3.8) is 0 Å². The Bertz CT molecular complexity index is 908. The summed E-state index contributed by atoms with van der Waals surface area (Å²) in [6.07, 6.45) is -2.15. The third-order valence-electron chi connectivity index (χ3n) is 3.37. The maximum Gasteiger partial charge on any atom is 0.433 e. The summed E-state index contributed by atoms with van der Waals surface area (Å²) < 4.78 is 48.8. The van der Waals surface area contributed by atoms with Crippen LogP contribution in [-0.2, 0) is 15.7 Å². The number of pyridine rings is 1. The van der Waals surface area contributed by atoms with Crippen LogP contribution in [0.3, 0.4) is 0 Å². The zero-order chi connectivity index (χ0) is 20.9. The predicted octanol–water partition coefficient (Wildman–Crippen LogP) is 2.79. The summed E-state index contributed by atoms with van der Waals surface area (Å²) in [5, 5.41) is 6.26. The predicted molar refractivity (Wildman–Crippen MR) is 90.7 cm³/mol. The van der Waals surface area contributed by atoms with Gasteiger partial charge in [-0.3, -0.25) is 5.32 Å². The molecule has 2 rings (SSSR count). The van der Waals surface area contributed by atoms with Crippen molar-refractivity contribution in [2.24, 2.45) is 4.99 Å². The van der Waals surface area contributed by atoms with Crippen LogP contribution < -0.4 is 5.32 Å². The van der Waals surface area contributed by atoms with Crippen LogP contribution in [-0.4, -0.2) is 46.9 Å². The topological polar surface area (TPSA) is 108 Å². The highest BCUT2D eigenvalue weighted by molar-refractivity contribution is 5.94. The van der Waals surface area contributed by atoms with Gasteiger partial charge in [-0.15, -0.1) is 5.10 Å². The van der Waals surface area contributed by atoms with Gasteiger partial charge in [0.15, 0.2) is 5.82 Å². The number of esters is 1. The monoisotopic (exact) mass is 399 g/mol. The molecule has 0 fully saturated rings. The van der Waals surface area contributed by atoms with E-state index >= 15 is 0 Å². The van der Waals surface area contributed by atoms with Crippen LogP contribution >= 0.6 is 0 Å². The Morgan fingerprint density at radius 1 is 1.39 bits per heavy atom. The SMILES string of the molecule is CCOC(=O)NC=Nc1nn(-c2cnc(C(F)(F)F)cc2C)cc1C(=O)OC. The van der Waals surface area contributed by atoms with E-state index in [0.29, 0.717) is 0 Å².